The van der Waals surface area contributed by atoms with Gasteiger partial charge in [0.25, 0.3) is 0 Å². The molecule has 0 aromatic rings. The number of hydrogen-bond donors (Lipinski definition) is 2. The van der Waals surface area contributed by atoms with Crippen LogP contribution in [-0.2, 0) is 4.33 Å². The topological polar surface area (TPSA) is 49.7 Å². The van der Waals surface area contributed by atoms with Gasteiger partial charge < -0.3 is 5.11 Å². The second kappa shape index (κ2) is 4.23. The molecular formula is CH4O3S. The van der Waals surface area contributed by atoms with Gasteiger partial charge in [0, 0.05) is 0 Å². The Balaban J connectivity index is 2.19. The molecule has 5 heavy (non-hydrogen) atoms. The van der Waals surface area contributed by atoms with Crippen molar-refractivity contribution in [2.75, 3.05) is 5.94 Å². The molecule has 0 bridgehead atoms. The van der Waals surface area contributed by atoms with Crippen LogP contribution < -0.4 is 0 Å². The Kier molecular flexibility index (Phi) is 4.42. The predicted molar refractivity (Wildman–Crippen MR) is 18.4 cm³/mol. The van der Waals surface area contributed by atoms with Crippen molar-refractivity contribution in [1.29, 1.82) is 0 Å². The van der Waals surface area contributed by atoms with E-state index in [4.69, 9.17) is 10.4 Å². The first kappa shape index (κ1) is 5.23. The monoisotopic (exact) mass is 96.0 g/mol. The number of rotatable bonds is 2. The van der Waals surface area contributed by atoms with E-state index in [2.05, 4.69) is 4.33 Å². The summed E-state index contributed by atoms with van der Waals surface area (Å²) in [7, 11) is 0. The van der Waals surface area contributed by atoms with Crippen LogP contribution in [0.15, 0.2) is 0 Å². The van der Waals surface area contributed by atoms with Crippen LogP contribution in [0.2, 0.25) is 0 Å². The van der Waals surface area contributed by atoms with E-state index in [0.717, 1.165) is 0 Å². The highest BCUT2D eigenvalue weighted by Crippen LogP contribution is 1.91. The second-order valence-electron chi connectivity index (χ2n) is 0.321. The highest BCUT2D eigenvalue weighted by Gasteiger charge is 1.70. The quantitative estimate of drug-likeness (QED) is 0.221. The van der Waals surface area contributed by atoms with Crippen LogP contribution >= 0.6 is 12.0 Å². The molecule has 0 amide bonds. The molecule has 4 heteroatoms. The van der Waals surface area contributed by atoms with Crippen molar-refractivity contribution in [3.8, 4) is 0 Å². The third-order valence-electron chi connectivity index (χ3n) is 0.105. The van der Waals surface area contributed by atoms with Gasteiger partial charge in [0.2, 0.25) is 0 Å². The molecule has 0 rings (SSSR count). The minimum absolute atomic E-state index is 0.212. The van der Waals surface area contributed by atoms with Crippen molar-refractivity contribution in [3.63, 3.8) is 0 Å². The molecule has 0 radical (unpaired) electrons. The molecule has 0 saturated carbocycles. The van der Waals surface area contributed by atoms with E-state index in [-0.39, 0.29) is 5.94 Å². The Bertz CT molecular complexity index is 14.4. The predicted octanol–water partition coefficient (Wildman–Crippen LogP) is 0.0740. The van der Waals surface area contributed by atoms with Crippen LogP contribution in [0.25, 0.3) is 0 Å². The van der Waals surface area contributed by atoms with Gasteiger partial charge in [-0.1, -0.05) is 0 Å². The van der Waals surface area contributed by atoms with Gasteiger partial charge in [-0.05, 0) is 0 Å². The fraction of sp³-hybridized carbons (Fsp3) is 1.00. The van der Waals surface area contributed by atoms with Crippen molar-refractivity contribution in [1.82, 2.24) is 0 Å². The highest BCUT2D eigenvalue weighted by atomic mass is 32.2. The van der Waals surface area contributed by atoms with Gasteiger partial charge in [0.05, 0.1) is 12.0 Å². The maximum atomic E-state index is 7.74. The fourth-order valence-corrected chi connectivity index (χ4v) is 0.0707. The first-order valence-electron chi connectivity index (χ1n) is 0.954. The molecular weight excluding hydrogens is 92.1 g/mol. The largest absolute Gasteiger partial charge is 0.383 e. The molecule has 32 valence electrons. The SMILES string of the molecule is OCSOO. The number of aliphatic hydroxyl groups is 1. The summed E-state index contributed by atoms with van der Waals surface area (Å²) >= 11 is 0.574. The maximum Gasteiger partial charge on any atom is 0.118 e. The maximum absolute atomic E-state index is 7.74. The molecule has 0 aromatic carbocycles. The van der Waals surface area contributed by atoms with Gasteiger partial charge in [-0.3, -0.25) is 0 Å². The van der Waals surface area contributed by atoms with E-state index in [1.54, 1.807) is 0 Å². The Morgan fingerprint density at radius 1 is 1.80 bits per heavy atom. The van der Waals surface area contributed by atoms with Crippen molar-refractivity contribution in [3.05, 3.63) is 0 Å². The molecule has 0 heterocycles. The Labute approximate surface area is 33.7 Å². The standard InChI is InChI=1S/CH4O3S/c2-1-5-4-3/h2-3H,1H2. The Morgan fingerprint density at radius 2 is 2.40 bits per heavy atom. The molecule has 0 saturated heterocycles. The lowest BCUT2D eigenvalue weighted by atomic mass is 11.7. The summed E-state index contributed by atoms with van der Waals surface area (Å²) in [5.74, 6) is -0.212. The van der Waals surface area contributed by atoms with Crippen LogP contribution in [0.3, 0.4) is 0 Å². The molecule has 0 aliphatic heterocycles. The van der Waals surface area contributed by atoms with Crippen LogP contribution in [-0.4, -0.2) is 16.3 Å². The average Bonchev–Trinajstić information content (AvgIpc) is 1.41. The number of hydrogen-bond acceptors (Lipinski definition) is 4. The van der Waals surface area contributed by atoms with E-state index >= 15 is 0 Å². The third-order valence-corrected chi connectivity index (χ3v) is 0.316. The molecule has 0 aromatic heterocycles. The average molecular weight is 96.1 g/mol. The van der Waals surface area contributed by atoms with Crippen molar-refractivity contribution < 1.29 is 14.7 Å². The first-order chi connectivity index (χ1) is 2.41. The normalized spacial score (nSPS) is 8.40. The summed E-state index contributed by atoms with van der Waals surface area (Å²) in [6.07, 6.45) is 0. The number of aliphatic hydroxyl groups excluding tert-OH is 1. The lowest BCUT2D eigenvalue weighted by molar-refractivity contribution is -0.117. The molecule has 0 fully saturated rings. The molecule has 0 unspecified atom stereocenters. The first-order valence-corrected chi connectivity index (χ1v) is 1.86. The van der Waals surface area contributed by atoms with Gasteiger partial charge >= 0.3 is 0 Å². The van der Waals surface area contributed by atoms with E-state index in [9.17, 15) is 0 Å². The molecule has 0 atom stereocenters. The molecule has 0 aliphatic rings. The van der Waals surface area contributed by atoms with Crippen LogP contribution in [0.1, 0.15) is 0 Å². The zero-order valence-corrected chi connectivity index (χ0v) is 3.23. The summed E-state index contributed by atoms with van der Waals surface area (Å²) < 4.78 is 3.36. The summed E-state index contributed by atoms with van der Waals surface area (Å²) in [4.78, 5) is 0. The van der Waals surface area contributed by atoms with Crippen molar-refractivity contribution >= 4 is 12.0 Å². The molecule has 2 N–H and O–H groups in total. The molecule has 0 spiro atoms. The van der Waals surface area contributed by atoms with Crippen LogP contribution in [0.5, 0.6) is 0 Å². The van der Waals surface area contributed by atoms with Gasteiger partial charge in [-0.2, -0.15) is 4.33 Å². The second-order valence-corrected chi connectivity index (χ2v) is 0.964. The summed E-state index contributed by atoms with van der Waals surface area (Å²) in [5, 5.41) is 15.1. The molecule has 3 nitrogen and oxygen atoms in total. The highest BCUT2D eigenvalue weighted by molar-refractivity contribution is 7.94. The van der Waals surface area contributed by atoms with Gasteiger partial charge in [-0.15, -0.1) is 0 Å². The Morgan fingerprint density at radius 3 is 2.40 bits per heavy atom. The van der Waals surface area contributed by atoms with E-state index in [1.807, 2.05) is 0 Å². The van der Waals surface area contributed by atoms with Crippen molar-refractivity contribution in [2.45, 2.75) is 0 Å². The van der Waals surface area contributed by atoms with E-state index in [1.165, 1.54) is 0 Å². The minimum Gasteiger partial charge on any atom is -0.383 e. The van der Waals surface area contributed by atoms with Gasteiger partial charge in [0.15, 0.2) is 0 Å². The van der Waals surface area contributed by atoms with Crippen LogP contribution in [0.4, 0.5) is 0 Å². The zero-order chi connectivity index (χ0) is 4.12. The third kappa shape index (κ3) is 4.23. The summed E-state index contributed by atoms with van der Waals surface area (Å²) in [6.45, 7) is 0. The summed E-state index contributed by atoms with van der Waals surface area (Å²) in [6, 6.07) is 0. The van der Waals surface area contributed by atoms with Crippen LogP contribution in [0, 0.1) is 0 Å². The molecule has 0 aliphatic carbocycles. The van der Waals surface area contributed by atoms with Gasteiger partial charge in [0.1, 0.15) is 5.94 Å². The Hall–Kier alpha value is 0.230. The van der Waals surface area contributed by atoms with E-state index < -0.39 is 0 Å². The smallest absolute Gasteiger partial charge is 0.118 e. The lowest BCUT2D eigenvalue weighted by Crippen LogP contribution is -1.70. The minimum atomic E-state index is -0.212. The fourth-order valence-electron chi connectivity index (χ4n) is 0.0236. The van der Waals surface area contributed by atoms with E-state index in [0.29, 0.717) is 12.0 Å². The van der Waals surface area contributed by atoms with Crippen molar-refractivity contribution in [2.24, 2.45) is 0 Å². The zero-order valence-electron chi connectivity index (χ0n) is 2.42. The summed E-state index contributed by atoms with van der Waals surface area (Å²) in [5.41, 5.74) is 0. The lowest BCUT2D eigenvalue weighted by Gasteiger charge is -1.79. The van der Waals surface area contributed by atoms with Gasteiger partial charge in [-0.25, -0.2) is 5.26 Å².